The molecule has 2 aromatic carbocycles. The van der Waals surface area contributed by atoms with E-state index >= 15 is 0 Å². The predicted molar refractivity (Wildman–Crippen MR) is 99.2 cm³/mol. The van der Waals surface area contributed by atoms with Crippen molar-refractivity contribution in [3.8, 4) is 11.3 Å². The van der Waals surface area contributed by atoms with Gasteiger partial charge in [0.25, 0.3) is 5.91 Å². The van der Waals surface area contributed by atoms with E-state index in [0.717, 1.165) is 11.8 Å². The molecule has 26 heavy (non-hydrogen) atoms. The van der Waals surface area contributed by atoms with Crippen molar-refractivity contribution >= 4 is 33.0 Å². The number of sulfone groups is 1. The van der Waals surface area contributed by atoms with Gasteiger partial charge in [0.2, 0.25) is 0 Å². The van der Waals surface area contributed by atoms with Gasteiger partial charge in [-0.25, -0.2) is 8.42 Å². The first kappa shape index (κ1) is 18.2. The van der Waals surface area contributed by atoms with Crippen molar-refractivity contribution in [2.45, 2.75) is 11.8 Å². The third kappa shape index (κ3) is 3.63. The van der Waals surface area contributed by atoms with E-state index in [9.17, 15) is 13.2 Å². The van der Waals surface area contributed by atoms with Crippen LogP contribution in [-0.4, -0.2) is 25.7 Å². The summed E-state index contributed by atoms with van der Waals surface area (Å²) < 4.78 is 28.6. The fourth-order valence-corrected chi connectivity index (χ4v) is 3.26. The van der Waals surface area contributed by atoms with E-state index in [1.54, 1.807) is 6.92 Å². The molecule has 6 nitrogen and oxygen atoms in total. The molecule has 0 unspecified atom stereocenters. The number of amides is 1. The van der Waals surface area contributed by atoms with Crippen molar-refractivity contribution in [2.24, 2.45) is 0 Å². The average Bonchev–Trinajstić information content (AvgIpc) is 2.98. The minimum Gasteiger partial charge on any atom is -0.360 e. The monoisotopic (exact) mass is 390 g/mol. The van der Waals surface area contributed by atoms with Gasteiger partial charge in [0.15, 0.2) is 9.84 Å². The number of aryl methyl sites for hydroxylation is 1. The van der Waals surface area contributed by atoms with E-state index < -0.39 is 15.7 Å². The Morgan fingerprint density at radius 1 is 1.15 bits per heavy atom. The molecule has 0 bridgehead atoms. The van der Waals surface area contributed by atoms with Gasteiger partial charge in [0.05, 0.1) is 15.6 Å². The van der Waals surface area contributed by atoms with Crippen molar-refractivity contribution in [1.82, 2.24) is 5.16 Å². The van der Waals surface area contributed by atoms with E-state index in [1.165, 1.54) is 18.2 Å². The zero-order valence-corrected chi connectivity index (χ0v) is 15.6. The third-order valence-corrected chi connectivity index (χ3v) is 5.19. The van der Waals surface area contributed by atoms with Gasteiger partial charge in [-0.3, -0.25) is 4.79 Å². The third-order valence-electron chi connectivity index (χ3n) is 3.75. The van der Waals surface area contributed by atoms with Crippen LogP contribution in [-0.2, 0) is 9.84 Å². The van der Waals surface area contributed by atoms with Crippen LogP contribution >= 0.6 is 11.6 Å². The van der Waals surface area contributed by atoms with Gasteiger partial charge in [-0.2, -0.15) is 0 Å². The second kappa shape index (κ2) is 6.93. The summed E-state index contributed by atoms with van der Waals surface area (Å²) in [5.41, 5.74) is 1.58. The highest BCUT2D eigenvalue weighted by atomic mass is 35.5. The van der Waals surface area contributed by atoms with Crippen molar-refractivity contribution in [1.29, 1.82) is 0 Å². The molecule has 134 valence electrons. The molecule has 8 heteroatoms. The Morgan fingerprint density at radius 3 is 2.50 bits per heavy atom. The molecular weight excluding hydrogens is 376 g/mol. The van der Waals surface area contributed by atoms with E-state index in [-0.39, 0.29) is 21.2 Å². The van der Waals surface area contributed by atoms with Crippen LogP contribution in [0.4, 0.5) is 5.69 Å². The van der Waals surface area contributed by atoms with Crippen LogP contribution in [0.3, 0.4) is 0 Å². The Hall–Kier alpha value is -2.64. The summed E-state index contributed by atoms with van der Waals surface area (Å²) in [6.45, 7) is 1.63. The number of anilines is 1. The molecule has 0 fully saturated rings. The number of carbonyl (C=O) groups excluding carboxylic acids is 1. The number of hydrogen-bond donors (Lipinski definition) is 1. The van der Waals surface area contributed by atoms with Gasteiger partial charge in [0, 0.05) is 11.8 Å². The van der Waals surface area contributed by atoms with E-state index in [2.05, 4.69) is 10.5 Å². The van der Waals surface area contributed by atoms with Crippen molar-refractivity contribution in [3.05, 3.63) is 64.9 Å². The van der Waals surface area contributed by atoms with Crippen LogP contribution in [0.2, 0.25) is 5.02 Å². The van der Waals surface area contributed by atoms with Gasteiger partial charge >= 0.3 is 0 Å². The van der Waals surface area contributed by atoms with Gasteiger partial charge in [-0.05, 0) is 25.1 Å². The molecule has 1 heterocycles. The smallest absolute Gasteiger partial charge is 0.261 e. The molecular formula is C18H15ClN2O4S. The summed E-state index contributed by atoms with van der Waals surface area (Å²) in [6.07, 6.45) is 1.08. The fraction of sp³-hybridized carbons (Fsp3) is 0.111. The van der Waals surface area contributed by atoms with Crippen LogP contribution in [0.1, 0.15) is 16.1 Å². The number of nitrogens with one attached hydrogen (secondary N) is 1. The quantitative estimate of drug-likeness (QED) is 0.728. The summed E-state index contributed by atoms with van der Waals surface area (Å²) in [7, 11) is -3.43. The molecule has 0 radical (unpaired) electrons. The van der Waals surface area contributed by atoms with Crippen molar-refractivity contribution in [3.63, 3.8) is 0 Å². The maximum absolute atomic E-state index is 12.8. The molecule has 3 aromatic rings. The van der Waals surface area contributed by atoms with E-state index in [1.807, 2.05) is 30.3 Å². The molecule has 0 aliphatic heterocycles. The normalized spacial score (nSPS) is 11.3. The summed E-state index contributed by atoms with van der Waals surface area (Å²) in [5, 5.41) is 6.83. The number of aromatic nitrogens is 1. The molecule has 1 amide bonds. The molecule has 0 saturated carbocycles. The topological polar surface area (TPSA) is 89.3 Å². The number of nitrogens with zero attached hydrogens (tertiary/aromatic N) is 1. The second-order valence-electron chi connectivity index (χ2n) is 5.70. The Labute approximate surface area is 155 Å². The number of hydrogen-bond acceptors (Lipinski definition) is 5. The molecule has 0 saturated heterocycles. The number of benzene rings is 2. The lowest BCUT2D eigenvalue weighted by Gasteiger charge is -2.09. The SMILES string of the molecule is Cc1onc(-c2ccccc2)c1C(=O)Nc1cc(S(C)(=O)=O)ccc1Cl. The summed E-state index contributed by atoms with van der Waals surface area (Å²) >= 11 is 6.10. The lowest BCUT2D eigenvalue weighted by Crippen LogP contribution is -2.14. The van der Waals surface area contributed by atoms with Crippen LogP contribution in [0.15, 0.2) is 57.9 Å². The highest BCUT2D eigenvalue weighted by molar-refractivity contribution is 7.90. The Morgan fingerprint density at radius 2 is 1.85 bits per heavy atom. The largest absolute Gasteiger partial charge is 0.360 e. The minimum absolute atomic E-state index is 0.0579. The van der Waals surface area contributed by atoms with Crippen LogP contribution in [0.5, 0.6) is 0 Å². The van der Waals surface area contributed by atoms with Crippen molar-refractivity contribution in [2.75, 3.05) is 11.6 Å². The predicted octanol–water partition coefficient (Wildman–Crippen LogP) is 3.96. The van der Waals surface area contributed by atoms with Gasteiger partial charge in [-0.1, -0.05) is 47.1 Å². The standard InChI is InChI=1S/C18H15ClN2O4S/c1-11-16(17(21-25-11)12-6-4-3-5-7-12)18(22)20-15-10-13(26(2,23)24)8-9-14(15)19/h3-10H,1-2H3,(H,20,22). The summed E-state index contributed by atoms with van der Waals surface area (Å²) in [6, 6.07) is 13.3. The number of rotatable bonds is 4. The van der Waals surface area contributed by atoms with Gasteiger partial charge in [-0.15, -0.1) is 0 Å². The van der Waals surface area contributed by atoms with Crippen LogP contribution in [0, 0.1) is 6.92 Å². The Bertz CT molecular complexity index is 1080. The second-order valence-corrected chi connectivity index (χ2v) is 8.12. The number of carbonyl (C=O) groups is 1. The first-order valence-electron chi connectivity index (χ1n) is 7.60. The van der Waals surface area contributed by atoms with E-state index in [4.69, 9.17) is 16.1 Å². The summed E-state index contributed by atoms with van der Waals surface area (Å²) in [5.74, 6) is -0.146. The van der Waals surface area contributed by atoms with Crippen LogP contribution < -0.4 is 5.32 Å². The maximum Gasteiger partial charge on any atom is 0.261 e. The number of halogens is 1. The van der Waals surface area contributed by atoms with Gasteiger partial charge < -0.3 is 9.84 Å². The highest BCUT2D eigenvalue weighted by Crippen LogP contribution is 2.29. The lowest BCUT2D eigenvalue weighted by molar-refractivity contribution is 0.102. The zero-order chi connectivity index (χ0) is 18.9. The highest BCUT2D eigenvalue weighted by Gasteiger charge is 2.22. The van der Waals surface area contributed by atoms with Crippen LogP contribution in [0.25, 0.3) is 11.3 Å². The average molecular weight is 391 g/mol. The Balaban J connectivity index is 1.99. The lowest BCUT2D eigenvalue weighted by atomic mass is 10.1. The molecule has 0 aliphatic carbocycles. The van der Waals surface area contributed by atoms with E-state index in [0.29, 0.717) is 11.5 Å². The minimum atomic E-state index is -3.43. The molecule has 3 rings (SSSR count). The first-order chi connectivity index (χ1) is 12.3. The summed E-state index contributed by atoms with van der Waals surface area (Å²) in [4.78, 5) is 12.8. The Kier molecular flexibility index (Phi) is 4.84. The molecule has 0 spiro atoms. The molecule has 0 aliphatic rings. The molecule has 1 N–H and O–H groups in total. The molecule has 1 aromatic heterocycles. The first-order valence-corrected chi connectivity index (χ1v) is 9.87. The maximum atomic E-state index is 12.8. The molecule has 0 atom stereocenters. The zero-order valence-electron chi connectivity index (χ0n) is 14.0. The fourth-order valence-electron chi connectivity index (χ4n) is 2.45. The van der Waals surface area contributed by atoms with Crippen molar-refractivity contribution < 1.29 is 17.7 Å². The van der Waals surface area contributed by atoms with Gasteiger partial charge in [0.1, 0.15) is 17.0 Å².